The lowest BCUT2D eigenvalue weighted by atomic mass is 10.0. The quantitative estimate of drug-likeness (QED) is 0.0262. The Bertz CT molecular complexity index is 1020. The summed E-state index contributed by atoms with van der Waals surface area (Å²) < 4.78 is 16.8. The van der Waals surface area contributed by atoms with Crippen LogP contribution in [0.25, 0.3) is 0 Å². The molecule has 63 heavy (non-hydrogen) atoms. The Morgan fingerprint density at radius 3 is 0.905 bits per heavy atom. The monoisotopic (exact) mass is 887 g/mol. The Morgan fingerprint density at radius 2 is 0.571 bits per heavy atom. The van der Waals surface area contributed by atoms with E-state index in [1.807, 2.05) is 0 Å². The number of esters is 3. The molecule has 0 aliphatic carbocycles. The number of unbranched alkanes of at least 4 members (excludes halogenated alkanes) is 36. The zero-order valence-corrected chi connectivity index (χ0v) is 42.4. The molecule has 0 aromatic carbocycles. The van der Waals surface area contributed by atoms with Gasteiger partial charge in [0, 0.05) is 19.3 Å². The predicted molar refractivity (Wildman–Crippen MR) is 270 cm³/mol. The average Bonchev–Trinajstić information content (AvgIpc) is 3.28. The van der Waals surface area contributed by atoms with E-state index in [0.717, 1.165) is 77.0 Å². The summed E-state index contributed by atoms with van der Waals surface area (Å²) in [6.45, 7) is 6.64. The lowest BCUT2D eigenvalue weighted by molar-refractivity contribution is -0.167. The Balaban J connectivity index is 4.29. The highest BCUT2D eigenvalue weighted by atomic mass is 16.6. The molecule has 0 saturated carbocycles. The van der Waals surface area contributed by atoms with Crippen LogP contribution in [0.2, 0.25) is 0 Å². The van der Waals surface area contributed by atoms with Crippen molar-refractivity contribution in [2.75, 3.05) is 13.2 Å². The highest BCUT2D eigenvalue weighted by Crippen LogP contribution is 2.17. The van der Waals surface area contributed by atoms with Crippen molar-refractivity contribution in [3.8, 4) is 0 Å². The van der Waals surface area contributed by atoms with Gasteiger partial charge in [-0.25, -0.2) is 0 Å². The summed E-state index contributed by atoms with van der Waals surface area (Å²) in [5.41, 5.74) is 0. The van der Waals surface area contributed by atoms with Crippen molar-refractivity contribution in [1.29, 1.82) is 0 Å². The minimum Gasteiger partial charge on any atom is -0.462 e. The molecule has 0 bridgehead atoms. The van der Waals surface area contributed by atoms with Crippen molar-refractivity contribution in [2.24, 2.45) is 0 Å². The Morgan fingerprint density at radius 1 is 0.317 bits per heavy atom. The van der Waals surface area contributed by atoms with Gasteiger partial charge < -0.3 is 14.2 Å². The molecule has 0 heterocycles. The molecular formula is C57H106O6. The van der Waals surface area contributed by atoms with Crippen molar-refractivity contribution in [3.05, 3.63) is 24.3 Å². The van der Waals surface area contributed by atoms with Crippen LogP contribution in [0.1, 0.15) is 303 Å². The molecule has 0 aliphatic rings. The van der Waals surface area contributed by atoms with Gasteiger partial charge in [-0.1, -0.05) is 257 Å². The third-order valence-electron chi connectivity index (χ3n) is 12.5. The van der Waals surface area contributed by atoms with Crippen molar-refractivity contribution < 1.29 is 28.6 Å². The third-order valence-corrected chi connectivity index (χ3v) is 12.5. The smallest absolute Gasteiger partial charge is 0.306 e. The molecule has 0 radical (unpaired) electrons. The Hall–Kier alpha value is -2.11. The van der Waals surface area contributed by atoms with Crippen LogP contribution in [0, 0.1) is 0 Å². The summed E-state index contributed by atoms with van der Waals surface area (Å²) >= 11 is 0. The zero-order chi connectivity index (χ0) is 45.8. The van der Waals surface area contributed by atoms with Gasteiger partial charge in [0.1, 0.15) is 13.2 Å². The summed E-state index contributed by atoms with van der Waals surface area (Å²) in [7, 11) is 0. The Kier molecular flexibility index (Phi) is 50.8. The third kappa shape index (κ3) is 50.7. The first-order chi connectivity index (χ1) is 31.0. The second kappa shape index (κ2) is 52.5. The van der Waals surface area contributed by atoms with E-state index in [9.17, 15) is 14.4 Å². The summed E-state index contributed by atoms with van der Waals surface area (Å²) in [5, 5.41) is 0. The number of rotatable bonds is 51. The topological polar surface area (TPSA) is 78.9 Å². The van der Waals surface area contributed by atoms with Crippen molar-refractivity contribution in [3.63, 3.8) is 0 Å². The maximum absolute atomic E-state index is 12.8. The van der Waals surface area contributed by atoms with Gasteiger partial charge in [0.25, 0.3) is 0 Å². The molecule has 0 fully saturated rings. The fourth-order valence-electron chi connectivity index (χ4n) is 8.24. The van der Waals surface area contributed by atoms with E-state index in [4.69, 9.17) is 14.2 Å². The van der Waals surface area contributed by atoms with E-state index >= 15 is 0 Å². The van der Waals surface area contributed by atoms with Crippen molar-refractivity contribution >= 4 is 17.9 Å². The molecule has 0 rings (SSSR count). The van der Waals surface area contributed by atoms with Crippen molar-refractivity contribution in [1.82, 2.24) is 0 Å². The molecule has 0 N–H and O–H groups in total. The van der Waals surface area contributed by atoms with E-state index in [1.54, 1.807) is 0 Å². The second-order valence-corrected chi connectivity index (χ2v) is 18.9. The number of carbonyl (C=O) groups excluding carboxylic acids is 3. The van der Waals surface area contributed by atoms with Gasteiger partial charge in [0.15, 0.2) is 6.10 Å². The minimum absolute atomic E-state index is 0.0718. The van der Waals surface area contributed by atoms with E-state index in [0.29, 0.717) is 19.3 Å². The lowest BCUT2D eigenvalue weighted by Gasteiger charge is -2.18. The first-order valence-electron chi connectivity index (χ1n) is 27.8. The molecular weight excluding hydrogens is 781 g/mol. The van der Waals surface area contributed by atoms with Crippen LogP contribution in [0.5, 0.6) is 0 Å². The molecule has 370 valence electrons. The molecule has 0 spiro atoms. The van der Waals surface area contributed by atoms with Gasteiger partial charge in [0.05, 0.1) is 0 Å². The van der Waals surface area contributed by atoms with Crippen LogP contribution in [0.4, 0.5) is 0 Å². The summed E-state index contributed by atoms with van der Waals surface area (Å²) in [4.78, 5) is 38.0. The summed E-state index contributed by atoms with van der Waals surface area (Å²) in [6, 6.07) is 0. The van der Waals surface area contributed by atoms with Gasteiger partial charge in [-0.05, 0) is 51.4 Å². The number of hydrogen-bond acceptors (Lipinski definition) is 6. The molecule has 0 aliphatic heterocycles. The molecule has 0 saturated heterocycles. The number of allylic oxidation sites excluding steroid dienone is 4. The van der Waals surface area contributed by atoms with Gasteiger partial charge in [-0.15, -0.1) is 0 Å². The number of carbonyl (C=O) groups is 3. The van der Waals surface area contributed by atoms with E-state index in [-0.39, 0.29) is 31.1 Å². The van der Waals surface area contributed by atoms with Gasteiger partial charge in [-0.3, -0.25) is 14.4 Å². The molecule has 0 aromatic heterocycles. The molecule has 6 nitrogen and oxygen atoms in total. The molecule has 0 amide bonds. The number of hydrogen-bond donors (Lipinski definition) is 0. The maximum Gasteiger partial charge on any atom is 0.306 e. The standard InChI is InChI=1S/C57H106O6/c1-4-7-10-13-16-19-22-24-26-27-28-29-31-32-35-38-41-44-47-50-56(59)62-53-54(52-61-55(58)49-46-43-40-37-34-21-18-15-12-9-6-3)63-57(60)51-48-45-42-39-36-33-30-25-23-20-17-14-11-8-5-2/h17,20,25,30,54H,4-16,18-19,21-24,26-29,31-53H2,1-3H3/b20-17-,30-25-/t54-/m1/s1. The van der Waals surface area contributed by atoms with Crippen LogP contribution in [0.15, 0.2) is 24.3 Å². The molecule has 0 unspecified atom stereocenters. The van der Waals surface area contributed by atoms with E-state index < -0.39 is 6.10 Å². The summed E-state index contributed by atoms with van der Waals surface area (Å²) in [6.07, 6.45) is 60.2. The summed E-state index contributed by atoms with van der Waals surface area (Å²) in [5.74, 6) is -0.868. The lowest BCUT2D eigenvalue weighted by Crippen LogP contribution is -2.30. The fraction of sp³-hybridized carbons (Fsp3) is 0.877. The van der Waals surface area contributed by atoms with Crippen LogP contribution >= 0.6 is 0 Å². The minimum atomic E-state index is -0.772. The van der Waals surface area contributed by atoms with Crippen molar-refractivity contribution in [2.45, 2.75) is 309 Å². The molecule has 0 aromatic rings. The van der Waals surface area contributed by atoms with Gasteiger partial charge in [-0.2, -0.15) is 0 Å². The van der Waals surface area contributed by atoms with Crippen LogP contribution < -0.4 is 0 Å². The zero-order valence-electron chi connectivity index (χ0n) is 42.4. The van der Waals surface area contributed by atoms with Gasteiger partial charge >= 0.3 is 17.9 Å². The SMILES string of the molecule is CCCCC/C=C\C/C=C\CCCCCCCC(=O)O[C@H](COC(=O)CCCCCCCCCCCCC)COC(=O)CCCCCCCCCCCCCCCCCCCCC. The molecule has 1 atom stereocenters. The van der Waals surface area contributed by atoms with E-state index in [2.05, 4.69) is 45.1 Å². The highest BCUT2D eigenvalue weighted by molar-refractivity contribution is 5.71. The Labute approximate surface area is 392 Å². The van der Waals surface area contributed by atoms with Gasteiger partial charge in [0.2, 0.25) is 0 Å². The number of ether oxygens (including phenoxy) is 3. The largest absolute Gasteiger partial charge is 0.462 e. The normalized spacial score (nSPS) is 12.1. The second-order valence-electron chi connectivity index (χ2n) is 18.9. The highest BCUT2D eigenvalue weighted by Gasteiger charge is 2.19. The molecule has 6 heteroatoms. The maximum atomic E-state index is 12.8. The van der Waals surface area contributed by atoms with Crippen LogP contribution in [-0.2, 0) is 28.6 Å². The van der Waals surface area contributed by atoms with Crippen LogP contribution in [0.3, 0.4) is 0 Å². The first kappa shape index (κ1) is 60.9. The fourth-order valence-corrected chi connectivity index (χ4v) is 8.24. The predicted octanol–water partition coefficient (Wildman–Crippen LogP) is 18.3. The first-order valence-corrected chi connectivity index (χ1v) is 27.8. The van der Waals surface area contributed by atoms with E-state index in [1.165, 1.54) is 186 Å². The average molecular weight is 887 g/mol. The van der Waals surface area contributed by atoms with Crippen LogP contribution in [-0.4, -0.2) is 37.2 Å².